The molecule has 7 nitrogen and oxygen atoms in total. The van der Waals surface area contributed by atoms with Gasteiger partial charge in [-0.25, -0.2) is 4.68 Å². The third-order valence-electron chi connectivity index (χ3n) is 5.67. The molecule has 1 aliphatic rings. The van der Waals surface area contributed by atoms with Gasteiger partial charge >= 0.3 is 0 Å². The van der Waals surface area contributed by atoms with Crippen molar-refractivity contribution in [1.29, 1.82) is 0 Å². The molecule has 4 rings (SSSR count). The van der Waals surface area contributed by atoms with Gasteiger partial charge in [-0.3, -0.25) is 9.69 Å². The molecule has 0 unspecified atom stereocenters. The molecule has 1 aromatic heterocycles. The van der Waals surface area contributed by atoms with E-state index in [1.165, 1.54) is 6.33 Å². The SMILES string of the molecule is COc1ccc([C@H]2C[C@H](c3ccccc3OC)n3ncnc3N2C(=O)CC(C)C)cc1. The van der Waals surface area contributed by atoms with Gasteiger partial charge in [-0.1, -0.05) is 44.2 Å². The van der Waals surface area contributed by atoms with Gasteiger partial charge in [0.1, 0.15) is 17.8 Å². The highest BCUT2D eigenvalue weighted by Crippen LogP contribution is 2.44. The molecule has 7 heteroatoms. The summed E-state index contributed by atoms with van der Waals surface area (Å²) >= 11 is 0. The Morgan fingerprint density at radius 3 is 2.48 bits per heavy atom. The normalized spacial score (nSPS) is 18.0. The lowest BCUT2D eigenvalue weighted by molar-refractivity contribution is -0.120. The fourth-order valence-electron chi connectivity index (χ4n) is 4.24. The smallest absolute Gasteiger partial charge is 0.231 e. The van der Waals surface area contributed by atoms with Gasteiger partial charge in [0, 0.05) is 12.0 Å². The second-order valence-electron chi connectivity index (χ2n) is 8.15. The number of aromatic nitrogens is 3. The van der Waals surface area contributed by atoms with E-state index in [4.69, 9.17) is 9.47 Å². The van der Waals surface area contributed by atoms with Crippen molar-refractivity contribution in [2.75, 3.05) is 19.1 Å². The Labute approximate surface area is 182 Å². The molecule has 0 radical (unpaired) electrons. The Kier molecular flexibility index (Phi) is 5.93. The molecule has 0 fully saturated rings. The molecule has 2 aromatic carbocycles. The van der Waals surface area contributed by atoms with Crippen LogP contribution in [0.3, 0.4) is 0 Å². The highest BCUT2D eigenvalue weighted by molar-refractivity contribution is 5.93. The number of benzene rings is 2. The van der Waals surface area contributed by atoms with Gasteiger partial charge < -0.3 is 9.47 Å². The minimum atomic E-state index is -0.177. The second-order valence-corrected chi connectivity index (χ2v) is 8.15. The second kappa shape index (κ2) is 8.79. The van der Waals surface area contributed by atoms with E-state index < -0.39 is 0 Å². The molecule has 0 N–H and O–H groups in total. The number of hydrogen-bond acceptors (Lipinski definition) is 5. The third-order valence-corrected chi connectivity index (χ3v) is 5.67. The van der Waals surface area contributed by atoms with E-state index in [0.29, 0.717) is 18.8 Å². The monoisotopic (exact) mass is 420 g/mol. The molecule has 3 aromatic rings. The Bertz CT molecular complexity index is 1040. The Balaban J connectivity index is 1.83. The van der Waals surface area contributed by atoms with Crippen LogP contribution in [-0.4, -0.2) is 34.9 Å². The summed E-state index contributed by atoms with van der Waals surface area (Å²) in [6.45, 7) is 4.10. The molecular weight excluding hydrogens is 392 g/mol. The Hall–Kier alpha value is -3.35. The molecule has 1 amide bonds. The number of nitrogens with zero attached hydrogens (tertiary/aromatic N) is 4. The molecule has 0 spiro atoms. The topological polar surface area (TPSA) is 69.5 Å². The van der Waals surface area contributed by atoms with Gasteiger partial charge in [0.2, 0.25) is 11.9 Å². The van der Waals surface area contributed by atoms with Crippen LogP contribution in [0.1, 0.15) is 49.9 Å². The van der Waals surface area contributed by atoms with Crippen LogP contribution in [0, 0.1) is 5.92 Å². The van der Waals surface area contributed by atoms with Crippen molar-refractivity contribution < 1.29 is 14.3 Å². The van der Waals surface area contributed by atoms with Gasteiger partial charge in [0.05, 0.1) is 26.3 Å². The summed E-state index contributed by atoms with van der Waals surface area (Å²) in [7, 11) is 3.32. The van der Waals surface area contributed by atoms with Crippen LogP contribution in [0.4, 0.5) is 5.95 Å². The van der Waals surface area contributed by atoms with E-state index in [1.54, 1.807) is 19.1 Å². The minimum Gasteiger partial charge on any atom is -0.497 e. The zero-order chi connectivity index (χ0) is 22.0. The van der Waals surface area contributed by atoms with E-state index >= 15 is 0 Å². The molecule has 1 aliphatic heterocycles. The fraction of sp³-hybridized carbons (Fsp3) is 0.375. The van der Waals surface area contributed by atoms with E-state index in [0.717, 1.165) is 22.6 Å². The van der Waals surface area contributed by atoms with Crippen LogP contribution >= 0.6 is 0 Å². The molecule has 2 heterocycles. The summed E-state index contributed by atoms with van der Waals surface area (Å²) in [5.74, 6) is 2.43. The van der Waals surface area contributed by atoms with E-state index in [-0.39, 0.29) is 23.9 Å². The third kappa shape index (κ3) is 4.00. The highest BCUT2D eigenvalue weighted by Gasteiger charge is 2.40. The predicted molar refractivity (Wildman–Crippen MR) is 118 cm³/mol. The summed E-state index contributed by atoms with van der Waals surface area (Å²) in [6, 6.07) is 15.5. The first-order chi connectivity index (χ1) is 15.0. The van der Waals surface area contributed by atoms with Crippen LogP contribution < -0.4 is 14.4 Å². The number of rotatable bonds is 6. The number of methoxy groups -OCH3 is 2. The largest absolute Gasteiger partial charge is 0.497 e. The molecule has 31 heavy (non-hydrogen) atoms. The number of fused-ring (bicyclic) bond motifs is 1. The molecular formula is C24H28N4O3. The lowest BCUT2D eigenvalue weighted by Gasteiger charge is -2.39. The lowest BCUT2D eigenvalue weighted by Crippen LogP contribution is -2.43. The maximum atomic E-state index is 13.3. The van der Waals surface area contributed by atoms with Crippen LogP contribution in [0.5, 0.6) is 11.5 Å². The number of ether oxygens (including phenoxy) is 2. The average Bonchev–Trinajstić information content (AvgIpc) is 3.27. The molecule has 0 saturated carbocycles. The number of carbonyl (C=O) groups excluding carboxylic acids is 1. The van der Waals surface area contributed by atoms with Gasteiger partial charge in [-0.2, -0.15) is 10.1 Å². The number of para-hydroxylation sites is 1. The first-order valence-electron chi connectivity index (χ1n) is 10.5. The molecule has 0 saturated heterocycles. The summed E-state index contributed by atoms with van der Waals surface area (Å²) in [5.41, 5.74) is 2.05. The van der Waals surface area contributed by atoms with Crippen LogP contribution in [0.25, 0.3) is 0 Å². The molecule has 162 valence electrons. The van der Waals surface area contributed by atoms with Crippen molar-refractivity contribution in [3.8, 4) is 11.5 Å². The van der Waals surface area contributed by atoms with Crippen molar-refractivity contribution >= 4 is 11.9 Å². The van der Waals surface area contributed by atoms with Gasteiger partial charge in [-0.15, -0.1) is 0 Å². The van der Waals surface area contributed by atoms with Gasteiger partial charge in [0.25, 0.3) is 0 Å². The maximum Gasteiger partial charge on any atom is 0.231 e. The predicted octanol–water partition coefficient (Wildman–Crippen LogP) is 4.41. The number of amides is 1. The lowest BCUT2D eigenvalue weighted by atomic mass is 9.91. The summed E-state index contributed by atoms with van der Waals surface area (Å²) in [6.07, 6.45) is 2.62. The fourth-order valence-corrected chi connectivity index (χ4v) is 4.24. The van der Waals surface area contributed by atoms with Gasteiger partial charge in [-0.05, 0) is 36.1 Å². The number of hydrogen-bond donors (Lipinski definition) is 0. The maximum absolute atomic E-state index is 13.3. The van der Waals surface area contributed by atoms with Crippen LogP contribution in [0.15, 0.2) is 54.9 Å². The van der Waals surface area contributed by atoms with Crippen molar-refractivity contribution in [1.82, 2.24) is 14.8 Å². The van der Waals surface area contributed by atoms with Crippen molar-refractivity contribution in [3.05, 3.63) is 66.0 Å². The van der Waals surface area contributed by atoms with E-state index in [1.807, 2.05) is 67.1 Å². The molecule has 0 aliphatic carbocycles. The minimum absolute atomic E-state index is 0.0449. The molecule has 2 atom stereocenters. The zero-order valence-corrected chi connectivity index (χ0v) is 18.4. The van der Waals surface area contributed by atoms with Crippen LogP contribution in [-0.2, 0) is 4.79 Å². The van der Waals surface area contributed by atoms with Crippen molar-refractivity contribution in [2.24, 2.45) is 5.92 Å². The average molecular weight is 421 g/mol. The van der Waals surface area contributed by atoms with Gasteiger partial charge in [0.15, 0.2) is 0 Å². The van der Waals surface area contributed by atoms with E-state index in [9.17, 15) is 4.79 Å². The van der Waals surface area contributed by atoms with Crippen molar-refractivity contribution in [2.45, 2.75) is 38.8 Å². The summed E-state index contributed by atoms with van der Waals surface area (Å²) in [5, 5.41) is 4.49. The first kappa shape index (κ1) is 20.9. The van der Waals surface area contributed by atoms with E-state index in [2.05, 4.69) is 10.1 Å². The number of carbonyl (C=O) groups is 1. The highest BCUT2D eigenvalue weighted by atomic mass is 16.5. The summed E-state index contributed by atoms with van der Waals surface area (Å²) < 4.78 is 12.8. The summed E-state index contributed by atoms with van der Waals surface area (Å²) in [4.78, 5) is 19.6. The number of anilines is 1. The standard InChI is InChI=1S/C24H28N4O3/c1-16(2)13-23(29)27-20(17-9-11-18(30-3)12-10-17)14-21(28-24(27)25-15-26-28)19-7-5-6-8-22(19)31-4/h5-12,15-16,20-21H,13-14H2,1-4H3/t20-,21-/m1/s1. The Morgan fingerprint density at radius 2 is 1.81 bits per heavy atom. The first-order valence-corrected chi connectivity index (χ1v) is 10.5. The quantitative estimate of drug-likeness (QED) is 0.591. The van der Waals surface area contributed by atoms with Crippen LogP contribution in [0.2, 0.25) is 0 Å². The Morgan fingerprint density at radius 1 is 1.06 bits per heavy atom. The zero-order valence-electron chi connectivity index (χ0n) is 18.4. The molecule has 0 bridgehead atoms. The van der Waals surface area contributed by atoms with Crippen molar-refractivity contribution in [3.63, 3.8) is 0 Å².